The van der Waals surface area contributed by atoms with Gasteiger partial charge in [0, 0.05) is 12.8 Å². The Labute approximate surface area is 142 Å². The fourth-order valence-electron chi connectivity index (χ4n) is 5.03. The van der Waals surface area contributed by atoms with Crippen LogP contribution in [-0.2, 0) is 9.47 Å². The van der Waals surface area contributed by atoms with E-state index in [9.17, 15) is 8.78 Å². The average Bonchev–Trinajstić information content (AvgIpc) is 3.06. The van der Waals surface area contributed by atoms with Gasteiger partial charge in [0.25, 0.3) is 0 Å². The van der Waals surface area contributed by atoms with Crippen molar-refractivity contribution in [1.29, 1.82) is 0 Å². The highest BCUT2D eigenvalue weighted by Gasteiger charge is 2.42. The van der Waals surface area contributed by atoms with E-state index in [-0.39, 0.29) is 5.79 Å². The number of hydrogen-bond donors (Lipinski definition) is 0. The summed E-state index contributed by atoms with van der Waals surface area (Å²) in [6.45, 7) is 1.48. The zero-order valence-corrected chi connectivity index (χ0v) is 14.1. The maximum Gasteiger partial charge on any atom is 0.168 e. The smallest absolute Gasteiger partial charge is 0.168 e. The first kappa shape index (κ1) is 16.5. The van der Waals surface area contributed by atoms with Crippen LogP contribution in [0.5, 0.6) is 0 Å². The Morgan fingerprint density at radius 2 is 1.42 bits per heavy atom. The lowest BCUT2D eigenvalue weighted by atomic mass is 9.69. The van der Waals surface area contributed by atoms with Crippen LogP contribution in [-0.4, -0.2) is 19.0 Å². The highest BCUT2D eigenvalue weighted by molar-refractivity contribution is 5.22. The molecule has 0 N–H and O–H groups in total. The molecule has 3 aliphatic rings. The molecule has 0 amide bonds. The molecular formula is C20H26F2O2. The highest BCUT2D eigenvalue weighted by atomic mass is 19.2. The van der Waals surface area contributed by atoms with E-state index in [1.165, 1.54) is 37.8 Å². The normalized spacial score (nSPS) is 30.8. The minimum atomic E-state index is -0.750. The predicted octanol–water partition coefficient (Wildman–Crippen LogP) is 5.17. The predicted molar refractivity (Wildman–Crippen MR) is 87.7 cm³/mol. The lowest BCUT2D eigenvalue weighted by Crippen LogP contribution is -2.37. The van der Waals surface area contributed by atoms with Crippen LogP contribution in [0.1, 0.15) is 62.8 Å². The Kier molecular flexibility index (Phi) is 4.61. The summed E-state index contributed by atoms with van der Waals surface area (Å²) >= 11 is 0. The molecule has 132 valence electrons. The Morgan fingerprint density at radius 3 is 2.04 bits per heavy atom. The van der Waals surface area contributed by atoms with Crippen molar-refractivity contribution < 1.29 is 18.3 Å². The Morgan fingerprint density at radius 1 is 0.792 bits per heavy atom. The molecule has 0 atom stereocenters. The molecule has 0 unspecified atom stereocenters. The Bertz CT molecular complexity index is 565. The van der Waals surface area contributed by atoms with Crippen molar-refractivity contribution in [2.75, 3.05) is 13.2 Å². The molecule has 0 radical (unpaired) electrons. The van der Waals surface area contributed by atoms with Gasteiger partial charge in [0.1, 0.15) is 0 Å². The first-order valence-corrected chi connectivity index (χ1v) is 9.38. The van der Waals surface area contributed by atoms with Gasteiger partial charge in [-0.25, -0.2) is 8.78 Å². The molecule has 1 aliphatic heterocycles. The third-order valence-electron chi connectivity index (χ3n) is 6.46. The molecule has 1 aromatic rings. The zero-order chi connectivity index (χ0) is 16.6. The van der Waals surface area contributed by atoms with Crippen LogP contribution in [0.4, 0.5) is 8.78 Å². The summed E-state index contributed by atoms with van der Waals surface area (Å²) in [5.41, 5.74) is 0.961. The number of benzene rings is 1. The van der Waals surface area contributed by atoms with Crippen LogP contribution in [0.15, 0.2) is 18.2 Å². The van der Waals surface area contributed by atoms with E-state index in [0.29, 0.717) is 5.92 Å². The van der Waals surface area contributed by atoms with Gasteiger partial charge in [0.2, 0.25) is 0 Å². The van der Waals surface area contributed by atoms with Gasteiger partial charge in [-0.2, -0.15) is 0 Å². The summed E-state index contributed by atoms with van der Waals surface area (Å²) in [6.07, 6.45) is 9.02. The van der Waals surface area contributed by atoms with Gasteiger partial charge in [-0.1, -0.05) is 6.07 Å². The van der Waals surface area contributed by atoms with Crippen molar-refractivity contribution in [3.8, 4) is 0 Å². The molecule has 4 heteroatoms. The number of ether oxygens (including phenoxy) is 2. The molecule has 3 fully saturated rings. The first-order valence-electron chi connectivity index (χ1n) is 9.38. The van der Waals surface area contributed by atoms with E-state index < -0.39 is 11.6 Å². The third-order valence-corrected chi connectivity index (χ3v) is 6.46. The SMILES string of the molecule is Fc1ccc(C2CCC(C3CCC4(CC3)OCCO4)CC2)cc1F. The first-order chi connectivity index (χ1) is 11.7. The zero-order valence-electron chi connectivity index (χ0n) is 14.1. The average molecular weight is 336 g/mol. The van der Waals surface area contributed by atoms with Crippen molar-refractivity contribution in [1.82, 2.24) is 0 Å². The number of halogens is 2. The summed E-state index contributed by atoms with van der Waals surface area (Å²) in [6, 6.07) is 4.40. The van der Waals surface area contributed by atoms with E-state index in [2.05, 4.69) is 0 Å². The minimum Gasteiger partial charge on any atom is -0.348 e. The van der Waals surface area contributed by atoms with Gasteiger partial charge in [0.05, 0.1) is 13.2 Å². The number of hydrogen-bond acceptors (Lipinski definition) is 2. The summed E-state index contributed by atoms with van der Waals surface area (Å²) < 4.78 is 38.2. The Balaban J connectivity index is 1.31. The maximum atomic E-state index is 13.4. The van der Waals surface area contributed by atoms with Gasteiger partial charge in [0.15, 0.2) is 17.4 Å². The number of rotatable bonds is 2. The van der Waals surface area contributed by atoms with E-state index in [1.807, 2.05) is 0 Å². The van der Waals surface area contributed by atoms with Crippen LogP contribution in [0.25, 0.3) is 0 Å². The molecular weight excluding hydrogens is 310 g/mol. The molecule has 4 rings (SSSR count). The van der Waals surface area contributed by atoms with Crippen LogP contribution in [0, 0.1) is 23.5 Å². The van der Waals surface area contributed by atoms with Crippen LogP contribution in [0.2, 0.25) is 0 Å². The van der Waals surface area contributed by atoms with Crippen molar-refractivity contribution in [3.05, 3.63) is 35.4 Å². The summed E-state index contributed by atoms with van der Waals surface area (Å²) in [5.74, 6) is 0.190. The van der Waals surface area contributed by atoms with Crippen molar-refractivity contribution in [2.45, 2.75) is 63.1 Å². The van der Waals surface area contributed by atoms with Crippen LogP contribution in [0.3, 0.4) is 0 Å². The summed E-state index contributed by atoms with van der Waals surface area (Å²) in [7, 11) is 0. The van der Waals surface area contributed by atoms with Crippen molar-refractivity contribution in [3.63, 3.8) is 0 Å². The lowest BCUT2D eigenvalue weighted by molar-refractivity contribution is -0.185. The molecule has 1 spiro atoms. The molecule has 1 heterocycles. The van der Waals surface area contributed by atoms with Gasteiger partial charge in [-0.3, -0.25) is 0 Å². The van der Waals surface area contributed by atoms with Crippen LogP contribution >= 0.6 is 0 Å². The molecule has 2 saturated carbocycles. The largest absolute Gasteiger partial charge is 0.348 e. The fraction of sp³-hybridized carbons (Fsp3) is 0.700. The van der Waals surface area contributed by atoms with Crippen LogP contribution < -0.4 is 0 Å². The molecule has 2 nitrogen and oxygen atoms in total. The second-order valence-electron chi connectivity index (χ2n) is 7.73. The topological polar surface area (TPSA) is 18.5 Å². The third kappa shape index (κ3) is 3.23. The van der Waals surface area contributed by atoms with E-state index in [0.717, 1.165) is 56.3 Å². The van der Waals surface area contributed by atoms with Gasteiger partial charge in [-0.05, 0) is 74.0 Å². The monoisotopic (exact) mass is 336 g/mol. The minimum absolute atomic E-state index is 0.265. The molecule has 0 aromatic heterocycles. The highest BCUT2D eigenvalue weighted by Crippen LogP contribution is 2.46. The van der Waals surface area contributed by atoms with E-state index >= 15 is 0 Å². The van der Waals surface area contributed by atoms with Gasteiger partial charge >= 0.3 is 0 Å². The van der Waals surface area contributed by atoms with E-state index in [1.54, 1.807) is 6.07 Å². The molecule has 24 heavy (non-hydrogen) atoms. The lowest BCUT2D eigenvalue weighted by Gasteiger charge is -2.41. The van der Waals surface area contributed by atoms with Gasteiger partial charge in [-0.15, -0.1) is 0 Å². The van der Waals surface area contributed by atoms with E-state index in [4.69, 9.17) is 9.47 Å². The van der Waals surface area contributed by atoms with Crippen molar-refractivity contribution >= 4 is 0 Å². The molecule has 2 aliphatic carbocycles. The standard InChI is InChI=1S/C20H26F2O2/c21-18-6-5-17(13-19(18)22)15-3-1-14(2-4-15)16-7-9-20(10-8-16)23-11-12-24-20/h5-6,13-16H,1-4,7-12H2. The second kappa shape index (κ2) is 6.72. The molecule has 1 aromatic carbocycles. The second-order valence-corrected chi connectivity index (χ2v) is 7.73. The summed E-state index contributed by atoms with van der Waals surface area (Å²) in [4.78, 5) is 0. The Hall–Kier alpha value is -1.00. The fourth-order valence-corrected chi connectivity index (χ4v) is 5.03. The van der Waals surface area contributed by atoms with Gasteiger partial charge < -0.3 is 9.47 Å². The molecule has 1 saturated heterocycles. The molecule has 0 bridgehead atoms. The quantitative estimate of drug-likeness (QED) is 0.741. The summed E-state index contributed by atoms with van der Waals surface area (Å²) in [5, 5.41) is 0. The van der Waals surface area contributed by atoms with Crippen molar-refractivity contribution in [2.24, 2.45) is 11.8 Å². The maximum absolute atomic E-state index is 13.4.